The molecule has 0 bridgehead atoms. The van der Waals surface area contributed by atoms with Gasteiger partial charge in [-0.25, -0.2) is 0 Å². The largest absolute Gasteiger partial charge is 0.507 e. The molecule has 0 aromatic heterocycles. The van der Waals surface area contributed by atoms with E-state index in [1.165, 1.54) is 6.92 Å². The van der Waals surface area contributed by atoms with E-state index in [9.17, 15) is 9.90 Å². The summed E-state index contributed by atoms with van der Waals surface area (Å²) < 4.78 is 5.74. The number of carbonyl (C=O) groups excluding carboxylic acids is 1. The van der Waals surface area contributed by atoms with Gasteiger partial charge in [0.1, 0.15) is 11.4 Å². The van der Waals surface area contributed by atoms with Crippen LogP contribution in [0.15, 0.2) is 18.2 Å². The Bertz CT molecular complexity index is 505. The summed E-state index contributed by atoms with van der Waals surface area (Å²) >= 11 is 0. The van der Waals surface area contributed by atoms with Crippen LogP contribution in [-0.2, 0) is 15.1 Å². The quantitative estimate of drug-likeness (QED) is 0.827. The molecular weight excluding hydrogens is 240 g/mol. The Hall–Kier alpha value is -1.51. The molecule has 1 atom stereocenters. The van der Waals surface area contributed by atoms with Gasteiger partial charge in [-0.15, -0.1) is 0 Å². The Morgan fingerprint density at radius 2 is 2.00 bits per heavy atom. The number of rotatable bonds is 2. The Balaban J connectivity index is 2.62. The Labute approximate surface area is 114 Å². The summed E-state index contributed by atoms with van der Waals surface area (Å²) in [6.07, 6.45) is 2.73. The number of benzene rings is 1. The van der Waals surface area contributed by atoms with Gasteiger partial charge in [0, 0.05) is 17.9 Å². The second-order valence-corrected chi connectivity index (χ2v) is 6.13. The lowest BCUT2D eigenvalue weighted by atomic mass is 9.72. The number of phenols is 1. The molecule has 1 aromatic rings. The summed E-state index contributed by atoms with van der Waals surface area (Å²) in [4.78, 5) is 11.6. The maximum absolute atomic E-state index is 11.6. The highest BCUT2D eigenvalue weighted by Crippen LogP contribution is 2.56. The van der Waals surface area contributed by atoms with Crippen molar-refractivity contribution in [3.63, 3.8) is 0 Å². The fourth-order valence-corrected chi connectivity index (χ4v) is 3.29. The Morgan fingerprint density at radius 1 is 1.32 bits per heavy atom. The van der Waals surface area contributed by atoms with Crippen LogP contribution in [0.25, 0.3) is 0 Å². The van der Waals surface area contributed by atoms with Crippen LogP contribution in [0.3, 0.4) is 0 Å². The summed E-state index contributed by atoms with van der Waals surface area (Å²) in [6.45, 7) is 7.50. The van der Waals surface area contributed by atoms with Gasteiger partial charge >= 0.3 is 5.97 Å². The minimum atomic E-state index is -0.713. The average Bonchev–Trinajstić information content (AvgIpc) is 2.58. The number of aromatic hydroxyl groups is 1. The van der Waals surface area contributed by atoms with Crippen molar-refractivity contribution in [2.75, 3.05) is 0 Å². The lowest BCUT2D eigenvalue weighted by Gasteiger charge is -2.41. The summed E-state index contributed by atoms with van der Waals surface area (Å²) in [7, 11) is 0. The molecule has 0 radical (unpaired) electrons. The Kier molecular flexibility index (Phi) is 3.33. The maximum atomic E-state index is 11.6. The van der Waals surface area contributed by atoms with Crippen molar-refractivity contribution in [3.8, 4) is 5.75 Å². The van der Waals surface area contributed by atoms with Gasteiger partial charge in [-0.2, -0.15) is 0 Å². The fourth-order valence-electron chi connectivity index (χ4n) is 3.29. The average molecular weight is 262 g/mol. The first-order valence-electron chi connectivity index (χ1n) is 6.79. The number of aryl methyl sites for hydroxylation is 1. The first-order chi connectivity index (χ1) is 8.80. The molecule has 0 amide bonds. The number of ether oxygens (including phenoxy) is 1. The van der Waals surface area contributed by atoms with E-state index in [1.807, 2.05) is 25.1 Å². The zero-order valence-corrected chi connectivity index (χ0v) is 12.1. The topological polar surface area (TPSA) is 46.5 Å². The van der Waals surface area contributed by atoms with Gasteiger partial charge in [0.15, 0.2) is 0 Å². The summed E-state index contributed by atoms with van der Waals surface area (Å²) in [5, 5.41) is 10.4. The van der Waals surface area contributed by atoms with Crippen LogP contribution < -0.4 is 0 Å². The van der Waals surface area contributed by atoms with E-state index in [-0.39, 0.29) is 17.1 Å². The zero-order valence-electron chi connectivity index (χ0n) is 12.1. The molecule has 0 spiro atoms. The molecule has 1 N–H and O–H groups in total. The van der Waals surface area contributed by atoms with Crippen LogP contribution in [0.4, 0.5) is 0 Å². The second-order valence-electron chi connectivity index (χ2n) is 6.13. The molecule has 1 aliphatic carbocycles. The number of carbonyl (C=O) groups is 1. The molecule has 19 heavy (non-hydrogen) atoms. The van der Waals surface area contributed by atoms with Crippen LogP contribution in [0.2, 0.25) is 0 Å². The van der Waals surface area contributed by atoms with Crippen LogP contribution in [0.5, 0.6) is 5.75 Å². The Morgan fingerprint density at radius 3 is 2.53 bits per heavy atom. The third-order valence-corrected chi connectivity index (χ3v) is 4.41. The smallest absolute Gasteiger partial charge is 0.303 e. The lowest BCUT2D eigenvalue weighted by Crippen LogP contribution is -2.41. The maximum Gasteiger partial charge on any atom is 0.303 e. The molecule has 1 fully saturated rings. The number of esters is 1. The molecule has 1 aliphatic rings. The van der Waals surface area contributed by atoms with Gasteiger partial charge in [0.25, 0.3) is 0 Å². The van der Waals surface area contributed by atoms with Crippen LogP contribution in [0, 0.1) is 12.3 Å². The van der Waals surface area contributed by atoms with E-state index in [1.54, 1.807) is 0 Å². The van der Waals surface area contributed by atoms with E-state index in [4.69, 9.17) is 4.74 Å². The van der Waals surface area contributed by atoms with E-state index < -0.39 is 5.60 Å². The minimum Gasteiger partial charge on any atom is -0.507 e. The van der Waals surface area contributed by atoms with E-state index in [0.717, 1.165) is 30.4 Å². The molecular formula is C16H22O3. The minimum absolute atomic E-state index is 0.177. The summed E-state index contributed by atoms with van der Waals surface area (Å²) in [5.41, 5.74) is 0.663. The second kappa shape index (κ2) is 4.55. The molecule has 3 heteroatoms. The molecule has 3 nitrogen and oxygen atoms in total. The summed E-state index contributed by atoms with van der Waals surface area (Å²) in [5.74, 6) is -0.0467. The monoisotopic (exact) mass is 262 g/mol. The van der Waals surface area contributed by atoms with Crippen molar-refractivity contribution in [2.24, 2.45) is 5.41 Å². The van der Waals surface area contributed by atoms with Crippen molar-refractivity contribution in [1.82, 2.24) is 0 Å². The van der Waals surface area contributed by atoms with Crippen molar-refractivity contribution in [2.45, 2.75) is 52.6 Å². The highest BCUT2D eigenvalue weighted by molar-refractivity contribution is 5.67. The fraction of sp³-hybridized carbons (Fsp3) is 0.562. The standard InChI is InChI=1S/C16H22O3/c1-11-7-5-8-13(14(11)18)16(19-12(2)17)10-6-9-15(16,3)4/h5,7-8,18H,6,9-10H2,1-4H3. The number of phenolic OH excluding ortho intramolecular Hbond substituents is 1. The molecule has 2 rings (SSSR count). The molecule has 1 aromatic carbocycles. The van der Waals surface area contributed by atoms with Crippen molar-refractivity contribution >= 4 is 5.97 Å². The van der Waals surface area contributed by atoms with E-state index in [0.29, 0.717) is 0 Å². The number of para-hydroxylation sites is 1. The van der Waals surface area contributed by atoms with Gasteiger partial charge in [0.05, 0.1) is 0 Å². The lowest BCUT2D eigenvalue weighted by molar-refractivity contribution is -0.170. The number of hydrogen-bond donors (Lipinski definition) is 1. The molecule has 1 saturated carbocycles. The van der Waals surface area contributed by atoms with Crippen LogP contribution in [0.1, 0.15) is 51.2 Å². The first-order valence-corrected chi connectivity index (χ1v) is 6.79. The normalized spacial score (nSPS) is 25.3. The van der Waals surface area contributed by atoms with Gasteiger partial charge in [-0.1, -0.05) is 32.0 Å². The summed E-state index contributed by atoms with van der Waals surface area (Å²) in [6, 6.07) is 5.64. The third kappa shape index (κ3) is 2.11. The predicted octanol–water partition coefficient (Wildman–Crippen LogP) is 3.67. The molecule has 0 saturated heterocycles. The van der Waals surface area contributed by atoms with Gasteiger partial charge in [-0.05, 0) is 31.7 Å². The first kappa shape index (κ1) is 13.9. The highest BCUT2D eigenvalue weighted by Gasteiger charge is 2.54. The zero-order chi connectivity index (χ0) is 14.3. The van der Waals surface area contributed by atoms with E-state index >= 15 is 0 Å². The predicted molar refractivity (Wildman–Crippen MR) is 73.9 cm³/mol. The molecule has 1 unspecified atom stereocenters. The SMILES string of the molecule is CC(=O)OC1(c2cccc(C)c2O)CCCC1(C)C. The molecule has 104 valence electrons. The number of hydrogen-bond acceptors (Lipinski definition) is 3. The van der Waals surface area contributed by atoms with Gasteiger partial charge in [0.2, 0.25) is 0 Å². The van der Waals surface area contributed by atoms with Crippen LogP contribution >= 0.6 is 0 Å². The molecule has 0 aliphatic heterocycles. The van der Waals surface area contributed by atoms with E-state index in [2.05, 4.69) is 13.8 Å². The van der Waals surface area contributed by atoms with Crippen LogP contribution in [-0.4, -0.2) is 11.1 Å². The molecule has 0 heterocycles. The van der Waals surface area contributed by atoms with Crippen molar-refractivity contribution in [3.05, 3.63) is 29.3 Å². The highest BCUT2D eigenvalue weighted by atomic mass is 16.6. The van der Waals surface area contributed by atoms with Crippen molar-refractivity contribution < 1.29 is 14.6 Å². The third-order valence-electron chi connectivity index (χ3n) is 4.41. The van der Waals surface area contributed by atoms with Crippen molar-refractivity contribution in [1.29, 1.82) is 0 Å². The van der Waals surface area contributed by atoms with Gasteiger partial charge < -0.3 is 9.84 Å². The van der Waals surface area contributed by atoms with Gasteiger partial charge in [-0.3, -0.25) is 4.79 Å².